The van der Waals surface area contributed by atoms with E-state index in [0.717, 1.165) is 16.0 Å². The first-order valence-corrected chi connectivity index (χ1v) is 9.05. The van der Waals surface area contributed by atoms with Crippen LogP contribution in [0, 0.1) is 13.8 Å². The molecule has 26 heavy (non-hydrogen) atoms. The predicted octanol–water partition coefficient (Wildman–Crippen LogP) is 3.31. The zero-order chi connectivity index (χ0) is 18.5. The Bertz CT molecular complexity index is 837. The van der Waals surface area contributed by atoms with Crippen LogP contribution in [-0.2, 0) is 14.3 Å². The quantitative estimate of drug-likeness (QED) is 0.619. The minimum Gasteiger partial charge on any atom is -0.455 e. The summed E-state index contributed by atoms with van der Waals surface area (Å²) in [5, 5.41) is 2.66. The van der Waals surface area contributed by atoms with Crippen molar-refractivity contribution >= 4 is 29.3 Å². The Morgan fingerprint density at radius 3 is 2.77 bits per heavy atom. The van der Waals surface area contributed by atoms with Gasteiger partial charge in [0.25, 0.3) is 5.91 Å². The number of fused-ring (bicyclic) bond motifs is 1. The lowest BCUT2D eigenvalue weighted by Gasteiger charge is -2.08. The van der Waals surface area contributed by atoms with E-state index in [9.17, 15) is 9.59 Å². The molecule has 1 amide bonds. The van der Waals surface area contributed by atoms with Crippen LogP contribution in [0.4, 0.5) is 5.69 Å². The van der Waals surface area contributed by atoms with E-state index in [0.29, 0.717) is 17.2 Å². The fourth-order valence-electron chi connectivity index (χ4n) is 2.36. The molecule has 2 aromatic rings. The lowest BCUT2D eigenvalue weighted by atomic mass is 10.2. The van der Waals surface area contributed by atoms with E-state index in [1.165, 1.54) is 11.8 Å². The molecule has 6 nitrogen and oxygen atoms in total. The normalized spacial score (nSPS) is 11.9. The van der Waals surface area contributed by atoms with Crippen molar-refractivity contribution in [3.05, 3.63) is 47.5 Å². The van der Waals surface area contributed by atoms with Crippen LogP contribution in [0.2, 0.25) is 0 Å². The van der Waals surface area contributed by atoms with E-state index in [-0.39, 0.29) is 19.2 Å². The number of amides is 1. The smallest absolute Gasteiger partial charge is 0.316 e. The highest BCUT2D eigenvalue weighted by atomic mass is 32.2. The molecular weight excluding hydrogens is 354 g/mol. The molecule has 0 saturated heterocycles. The molecule has 3 rings (SSSR count). The third-order valence-electron chi connectivity index (χ3n) is 3.71. The summed E-state index contributed by atoms with van der Waals surface area (Å²) in [7, 11) is 0. The van der Waals surface area contributed by atoms with E-state index in [1.54, 1.807) is 18.2 Å². The number of nitrogens with one attached hydrogen (secondary N) is 1. The lowest BCUT2D eigenvalue weighted by Crippen LogP contribution is -2.21. The van der Waals surface area contributed by atoms with Gasteiger partial charge in [-0.2, -0.15) is 0 Å². The first kappa shape index (κ1) is 18.1. The Hall–Kier alpha value is -2.67. The largest absolute Gasteiger partial charge is 0.455 e. The Morgan fingerprint density at radius 1 is 1.12 bits per heavy atom. The molecule has 1 aliphatic rings. The fourth-order valence-corrected chi connectivity index (χ4v) is 3.28. The van der Waals surface area contributed by atoms with Crippen molar-refractivity contribution in [1.82, 2.24) is 0 Å². The summed E-state index contributed by atoms with van der Waals surface area (Å²) in [4.78, 5) is 24.8. The molecule has 1 heterocycles. The van der Waals surface area contributed by atoms with E-state index >= 15 is 0 Å². The number of thioether (sulfide) groups is 1. The summed E-state index contributed by atoms with van der Waals surface area (Å²) in [5.74, 6) is 0.523. The molecule has 0 aromatic heterocycles. The molecule has 1 aliphatic heterocycles. The molecule has 1 N–H and O–H groups in total. The van der Waals surface area contributed by atoms with E-state index in [4.69, 9.17) is 14.2 Å². The van der Waals surface area contributed by atoms with Gasteiger partial charge in [0.15, 0.2) is 18.1 Å². The third kappa shape index (κ3) is 4.70. The maximum atomic E-state index is 11.9. The zero-order valence-corrected chi connectivity index (χ0v) is 15.4. The second-order valence-electron chi connectivity index (χ2n) is 5.83. The first-order chi connectivity index (χ1) is 12.5. The molecule has 2 aromatic carbocycles. The molecule has 0 atom stereocenters. The van der Waals surface area contributed by atoms with Crippen LogP contribution >= 0.6 is 11.8 Å². The number of anilines is 1. The third-order valence-corrected chi connectivity index (χ3v) is 4.84. The van der Waals surface area contributed by atoms with Crippen LogP contribution in [0.1, 0.15) is 11.1 Å². The van der Waals surface area contributed by atoms with Crippen LogP contribution in [0.15, 0.2) is 41.3 Å². The van der Waals surface area contributed by atoms with Crippen LogP contribution < -0.4 is 14.8 Å². The molecule has 0 fully saturated rings. The van der Waals surface area contributed by atoms with Gasteiger partial charge in [-0.3, -0.25) is 9.59 Å². The average Bonchev–Trinajstić information content (AvgIpc) is 3.08. The maximum absolute atomic E-state index is 11.9. The minimum atomic E-state index is -0.434. The number of benzene rings is 2. The predicted molar refractivity (Wildman–Crippen MR) is 98.8 cm³/mol. The molecule has 0 bridgehead atoms. The first-order valence-electron chi connectivity index (χ1n) is 8.06. The van der Waals surface area contributed by atoms with Crippen molar-refractivity contribution in [1.29, 1.82) is 0 Å². The van der Waals surface area contributed by atoms with E-state index in [2.05, 4.69) is 5.32 Å². The Balaban J connectivity index is 1.44. The van der Waals surface area contributed by atoms with Crippen molar-refractivity contribution in [2.24, 2.45) is 0 Å². The van der Waals surface area contributed by atoms with Crippen LogP contribution in [0.5, 0.6) is 11.5 Å². The van der Waals surface area contributed by atoms with Crippen molar-refractivity contribution in [2.75, 3.05) is 24.5 Å². The SMILES string of the molecule is Cc1ccc(C)c(SCC(=O)OCC(=O)Nc2ccc3c(c2)OCO3)c1. The van der Waals surface area contributed by atoms with Gasteiger partial charge in [-0.05, 0) is 37.6 Å². The van der Waals surface area contributed by atoms with Gasteiger partial charge in [-0.25, -0.2) is 0 Å². The monoisotopic (exact) mass is 373 g/mol. The lowest BCUT2D eigenvalue weighted by molar-refractivity contribution is -0.144. The Labute approximate surface area is 155 Å². The number of carbonyl (C=O) groups is 2. The van der Waals surface area contributed by atoms with Crippen LogP contribution in [0.3, 0.4) is 0 Å². The van der Waals surface area contributed by atoms with Crippen LogP contribution in [0.25, 0.3) is 0 Å². The van der Waals surface area contributed by atoms with Crippen molar-refractivity contribution in [3.63, 3.8) is 0 Å². The van der Waals surface area contributed by atoms with Gasteiger partial charge in [0, 0.05) is 16.6 Å². The summed E-state index contributed by atoms with van der Waals surface area (Å²) in [6, 6.07) is 11.1. The van der Waals surface area contributed by atoms with Gasteiger partial charge in [0.05, 0.1) is 5.75 Å². The Kier molecular flexibility index (Phi) is 5.68. The van der Waals surface area contributed by atoms with Crippen LogP contribution in [-0.4, -0.2) is 31.0 Å². The number of aryl methyl sites for hydroxylation is 2. The highest BCUT2D eigenvalue weighted by molar-refractivity contribution is 8.00. The molecule has 0 saturated carbocycles. The topological polar surface area (TPSA) is 73.9 Å². The molecule has 0 spiro atoms. The summed E-state index contributed by atoms with van der Waals surface area (Å²) >= 11 is 1.40. The van der Waals surface area contributed by atoms with Crippen molar-refractivity contribution in [3.8, 4) is 11.5 Å². The van der Waals surface area contributed by atoms with Crippen molar-refractivity contribution in [2.45, 2.75) is 18.7 Å². The average molecular weight is 373 g/mol. The number of esters is 1. The second kappa shape index (κ2) is 8.14. The number of ether oxygens (including phenoxy) is 3. The molecule has 7 heteroatoms. The zero-order valence-electron chi connectivity index (χ0n) is 14.5. The molecule has 0 radical (unpaired) electrons. The fraction of sp³-hybridized carbons (Fsp3) is 0.263. The summed E-state index contributed by atoms with van der Waals surface area (Å²) in [6.45, 7) is 3.83. The molecule has 0 unspecified atom stereocenters. The molecule has 136 valence electrons. The van der Waals surface area contributed by atoms with Gasteiger partial charge in [0.2, 0.25) is 6.79 Å². The number of rotatable bonds is 6. The van der Waals surface area contributed by atoms with E-state index < -0.39 is 11.9 Å². The van der Waals surface area contributed by atoms with Gasteiger partial charge >= 0.3 is 5.97 Å². The van der Waals surface area contributed by atoms with Gasteiger partial charge in [0.1, 0.15) is 0 Å². The highest BCUT2D eigenvalue weighted by Crippen LogP contribution is 2.34. The number of hydrogen-bond donors (Lipinski definition) is 1. The Morgan fingerprint density at radius 2 is 1.92 bits per heavy atom. The maximum Gasteiger partial charge on any atom is 0.316 e. The van der Waals surface area contributed by atoms with Gasteiger partial charge in [-0.1, -0.05) is 17.7 Å². The molecular formula is C19H19NO5S. The summed E-state index contributed by atoms with van der Waals surface area (Å²) in [6.07, 6.45) is 0. The van der Waals surface area contributed by atoms with E-state index in [1.807, 2.05) is 32.0 Å². The molecule has 0 aliphatic carbocycles. The van der Waals surface area contributed by atoms with Crippen molar-refractivity contribution < 1.29 is 23.8 Å². The standard InChI is InChI=1S/C19H19NO5S/c1-12-3-4-13(2)17(7-12)26-10-19(22)23-9-18(21)20-14-5-6-15-16(8-14)25-11-24-15/h3-8H,9-11H2,1-2H3,(H,20,21). The summed E-state index contributed by atoms with van der Waals surface area (Å²) in [5.41, 5.74) is 2.79. The van der Waals surface area contributed by atoms with Gasteiger partial charge in [-0.15, -0.1) is 11.8 Å². The second-order valence-corrected chi connectivity index (χ2v) is 6.85. The minimum absolute atomic E-state index is 0.154. The highest BCUT2D eigenvalue weighted by Gasteiger charge is 2.15. The number of hydrogen-bond acceptors (Lipinski definition) is 6. The number of carbonyl (C=O) groups excluding carboxylic acids is 2. The van der Waals surface area contributed by atoms with Gasteiger partial charge < -0.3 is 19.5 Å². The summed E-state index contributed by atoms with van der Waals surface area (Å²) < 4.78 is 15.5.